The Labute approximate surface area is 100 Å². The molecule has 0 heterocycles. The molecule has 0 saturated heterocycles. The molecule has 0 fully saturated rings. The van der Waals surface area contributed by atoms with Crippen LogP contribution in [0.2, 0.25) is 0 Å². The Hall–Kier alpha value is -1.89. The van der Waals surface area contributed by atoms with E-state index in [1.807, 2.05) is 0 Å². The van der Waals surface area contributed by atoms with E-state index in [4.69, 9.17) is 10.8 Å². The third-order valence-electron chi connectivity index (χ3n) is 2.23. The number of carboxylic acid groups (broad SMARTS) is 1. The highest BCUT2D eigenvalue weighted by Gasteiger charge is 2.31. The number of halogens is 3. The smallest absolute Gasteiger partial charge is 0.416 e. The molecule has 4 nitrogen and oxygen atoms in total. The van der Waals surface area contributed by atoms with Crippen molar-refractivity contribution in [3.63, 3.8) is 0 Å². The lowest BCUT2D eigenvalue weighted by Gasteiger charge is -2.09. The fourth-order valence-electron chi connectivity index (χ4n) is 1.27. The Balaban J connectivity index is 2.91. The van der Waals surface area contributed by atoms with E-state index < -0.39 is 36.0 Å². The molecule has 18 heavy (non-hydrogen) atoms. The van der Waals surface area contributed by atoms with Crippen molar-refractivity contribution in [2.75, 3.05) is 0 Å². The molecular formula is C11H10F3NO3. The van der Waals surface area contributed by atoms with Crippen molar-refractivity contribution in [3.05, 3.63) is 35.4 Å². The van der Waals surface area contributed by atoms with Gasteiger partial charge in [-0.05, 0) is 12.1 Å². The average molecular weight is 261 g/mol. The van der Waals surface area contributed by atoms with Gasteiger partial charge < -0.3 is 10.8 Å². The number of alkyl halides is 3. The van der Waals surface area contributed by atoms with Gasteiger partial charge in [0.15, 0.2) is 5.78 Å². The van der Waals surface area contributed by atoms with E-state index in [1.54, 1.807) is 0 Å². The molecule has 7 heteroatoms. The number of aliphatic carboxylic acids is 1. The van der Waals surface area contributed by atoms with Crippen molar-refractivity contribution in [2.24, 2.45) is 5.73 Å². The molecule has 0 saturated carbocycles. The Kier molecular flexibility index (Phi) is 4.07. The molecule has 3 N–H and O–H groups in total. The van der Waals surface area contributed by atoms with Crippen molar-refractivity contribution in [1.82, 2.24) is 0 Å². The first-order chi connectivity index (χ1) is 8.21. The molecule has 0 spiro atoms. The first-order valence-corrected chi connectivity index (χ1v) is 4.90. The Morgan fingerprint density at radius 1 is 1.33 bits per heavy atom. The van der Waals surface area contributed by atoms with Crippen LogP contribution < -0.4 is 5.73 Å². The summed E-state index contributed by atoms with van der Waals surface area (Å²) in [7, 11) is 0. The highest BCUT2D eigenvalue weighted by molar-refractivity contribution is 5.98. The van der Waals surface area contributed by atoms with Crippen molar-refractivity contribution in [1.29, 1.82) is 0 Å². The summed E-state index contributed by atoms with van der Waals surface area (Å²) in [5, 5.41) is 8.50. The van der Waals surface area contributed by atoms with E-state index in [0.29, 0.717) is 6.07 Å². The molecule has 1 rings (SSSR count). The summed E-state index contributed by atoms with van der Waals surface area (Å²) in [5.41, 5.74) is 3.97. The summed E-state index contributed by atoms with van der Waals surface area (Å²) in [6.45, 7) is 0. The second-order valence-corrected chi connectivity index (χ2v) is 3.65. The van der Waals surface area contributed by atoms with Gasteiger partial charge in [-0.25, -0.2) is 0 Å². The largest absolute Gasteiger partial charge is 0.480 e. The van der Waals surface area contributed by atoms with Crippen molar-refractivity contribution in [2.45, 2.75) is 18.6 Å². The molecule has 0 aliphatic heterocycles. The van der Waals surface area contributed by atoms with Crippen LogP contribution in [0.15, 0.2) is 24.3 Å². The Bertz CT molecular complexity index is 471. The van der Waals surface area contributed by atoms with Gasteiger partial charge in [-0.2, -0.15) is 13.2 Å². The number of carboxylic acids is 1. The topological polar surface area (TPSA) is 80.4 Å². The molecule has 0 aromatic heterocycles. The molecule has 0 aliphatic rings. The predicted octanol–water partition coefficient (Wildman–Crippen LogP) is 1.69. The molecule has 98 valence electrons. The maximum absolute atomic E-state index is 12.4. The zero-order valence-electron chi connectivity index (χ0n) is 9.07. The molecule has 0 amide bonds. The molecular weight excluding hydrogens is 251 g/mol. The monoisotopic (exact) mass is 261 g/mol. The Morgan fingerprint density at radius 3 is 2.44 bits per heavy atom. The lowest BCUT2D eigenvalue weighted by Crippen LogP contribution is -2.32. The van der Waals surface area contributed by atoms with E-state index >= 15 is 0 Å². The van der Waals surface area contributed by atoms with Gasteiger partial charge in [0.05, 0.1) is 5.56 Å². The first kappa shape index (κ1) is 14.2. The van der Waals surface area contributed by atoms with E-state index in [9.17, 15) is 22.8 Å². The van der Waals surface area contributed by atoms with Gasteiger partial charge in [0.1, 0.15) is 6.04 Å². The number of ketones is 1. The SMILES string of the molecule is NC(CC(=O)c1cccc(C(F)(F)F)c1)C(=O)O. The van der Waals surface area contributed by atoms with Gasteiger partial charge >= 0.3 is 12.1 Å². The molecule has 0 bridgehead atoms. The summed E-state index contributed by atoms with van der Waals surface area (Å²) >= 11 is 0. The van der Waals surface area contributed by atoms with Gasteiger partial charge in [-0.1, -0.05) is 12.1 Å². The summed E-state index contributed by atoms with van der Waals surface area (Å²) in [4.78, 5) is 22.0. The van der Waals surface area contributed by atoms with Crippen LogP contribution >= 0.6 is 0 Å². The van der Waals surface area contributed by atoms with E-state index in [2.05, 4.69) is 0 Å². The fourth-order valence-corrected chi connectivity index (χ4v) is 1.27. The number of carbonyl (C=O) groups is 2. The minimum absolute atomic E-state index is 0.207. The molecule has 1 aromatic rings. The number of rotatable bonds is 4. The summed E-state index contributed by atoms with van der Waals surface area (Å²) in [6.07, 6.45) is -5.10. The van der Waals surface area contributed by atoms with Crippen LogP contribution in [0.4, 0.5) is 13.2 Å². The van der Waals surface area contributed by atoms with Gasteiger partial charge in [0.2, 0.25) is 0 Å². The number of benzene rings is 1. The highest BCUT2D eigenvalue weighted by atomic mass is 19.4. The standard InChI is InChI=1S/C11H10F3NO3/c12-11(13,14)7-3-1-2-6(4-7)9(16)5-8(15)10(17)18/h1-4,8H,5,15H2,(H,17,18). The van der Waals surface area contributed by atoms with Crippen LogP contribution in [0, 0.1) is 0 Å². The summed E-state index contributed by atoms with van der Waals surface area (Å²) in [5.74, 6) is -2.12. The van der Waals surface area contributed by atoms with Crippen LogP contribution in [0.5, 0.6) is 0 Å². The second kappa shape index (κ2) is 5.18. The average Bonchev–Trinajstić information content (AvgIpc) is 2.27. The lowest BCUT2D eigenvalue weighted by atomic mass is 10.0. The lowest BCUT2D eigenvalue weighted by molar-refractivity contribution is -0.139. The number of hydrogen-bond acceptors (Lipinski definition) is 3. The van der Waals surface area contributed by atoms with Crippen molar-refractivity contribution < 1.29 is 27.9 Å². The summed E-state index contributed by atoms with van der Waals surface area (Å²) in [6, 6.07) is 2.35. The highest BCUT2D eigenvalue weighted by Crippen LogP contribution is 2.29. The number of hydrogen-bond donors (Lipinski definition) is 2. The quantitative estimate of drug-likeness (QED) is 0.808. The van der Waals surface area contributed by atoms with Gasteiger partial charge in [0, 0.05) is 12.0 Å². The second-order valence-electron chi connectivity index (χ2n) is 3.65. The number of nitrogens with two attached hydrogens (primary N) is 1. The van der Waals surface area contributed by atoms with Gasteiger partial charge in [-0.15, -0.1) is 0 Å². The molecule has 1 aromatic carbocycles. The number of carbonyl (C=O) groups excluding carboxylic acids is 1. The van der Waals surface area contributed by atoms with E-state index in [-0.39, 0.29) is 5.56 Å². The number of Topliss-reactive ketones (excluding diaryl/α,β-unsaturated/α-hetero) is 1. The zero-order chi connectivity index (χ0) is 13.9. The predicted molar refractivity (Wildman–Crippen MR) is 56.0 cm³/mol. The molecule has 0 radical (unpaired) electrons. The normalized spacial score (nSPS) is 13.1. The Morgan fingerprint density at radius 2 is 1.94 bits per heavy atom. The van der Waals surface area contributed by atoms with Crippen LogP contribution in [-0.2, 0) is 11.0 Å². The van der Waals surface area contributed by atoms with Crippen LogP contribution in [0.25, 0.3) is 0 Å². The maximum atomic E-state index is 12.4. The molecule has 1 unspecified atom stereocenters. The van der Waals surface area contributed by atoms with E-state index in [0.717, 1.165) is 12.1 Å². The van der Waals surface area contributed by atoms with Gasteiger partial charge in [-0.3, -0.25) is 9.59 Å². The zero-order valence-corrected chi connectivity index (χ0v) is 9.07. The van der Waals surface area contributed by atoms with Gasteiger partial charge in [0.25, 0.3) is 0 Å². The third kappa shape index (κ3) is 3.56. The van der Waals surface area contributed by atoms with Crippen molar-refractivity contribution >= 4 is 11.8 Å². The summed E-state index contributed by atoms with van der Waals surface area (Å²) < 4.78 is 37.2. The van der Waals surface area contributed by atoms with Crippen molar-refractivity contribution in [3.8, 4) is 0 Å². The van der Waals surface area contributed by atoms with Crippen LogP contribution in [-0.4, -0.2) is 22.9 Å². The minimum Gasteiger partial charge on any atom is -0.480 e. The van der Waals surface area contributed by atoms with Crippen LogP contribution in [0.3, 0.4) is 0 Å². The first-order valence-electron chi connectivity index (χ1n) is 4.90. The fraction of sp³-hybridized carbons (Fsp3) is 0.273. The molecule has 1 atom stereocenters. The molecule has 0 aliphatic carbocycles. The maximum Gasteiger partial charge on any atom is 0.416 e. The van der Waals surface area contributed by atoms with E-state index in [1.165, 1.54) is 6.07 Å². The minimum atomic E-state index is -4.55. The third-order valence-corrected chi connectivity index (χ3v) is 2.23. The van der Waals surface area contributed by atoms with Crippen LogP contribution in [0.1, 0.15) is 22.3 Å².